The molecule has 0 amide bonds. The predicted molar refractivity (Wildman–Crippen MR) is 103 cm³/mol. The molecule has 0 aliphatic carbocycles. The molecule has 0 aromatic heterocycles. The fourth-order valence-corrected chi connectivity index (χ4v) is 2.87. The number of carboxylic acids is 1. The molecule has 2 aromatic carbocycles. The van der Waals surface area contributed by atoms with Crippen LogP contribution in [-0.4, -0.2) is 23.8 Å². The Labute approximate surface area is 155 Å². The highest BCUT2D eigenvalue weighted by Gasteiger charge is 2.42. The van der Waals surface area contributed by atoms with Gasteiger partial charge in [0.2, 0.25) is 0 Å². The lowest BCUT2D eigenvalue weighted by atomic mass is 9.85. The largest absolute Gasteiger partial charge is 0.497 e. The Balaban J connectivity index is 2.15. The van der Waals surface area contributed by atoms with Crippen molar-refractivity contribution in [3.05, 3.63) is 71.8 Å². The molecule has 0 heterocycles. The summed E-state index contributed by atoms with van der Waals surface area (Å²) in [5.41, 5.74) is 0.666. The van der Waals surface area contributed by atoms with Crippen molar-refractivity contribution in [2.45, 2.75) is 32.5 Å². The van der Waals surface area contributed by atoms with Crippen LogP contribution < -0.4 is 4.74 Å². The van der Waals surface area contributed by atoms with E-state index in [0.29, 0.717) is 6.42 Å². The summed E-state index contributed by atoms with van der Waals surface area (Å²) in [4.78, 5) is 12.0. The minimum atomic E-state index is -1.27. The van der Waals surface area contributed by atoms with Crippen LogP contribution in [0.15, 0.2) is 60.7 Å². The second kappa shape index (κ2) is 9.20. The highest BCUT2D eigenvalue weighted by Crippen LogP contribution is 2.30. The van der Waals surface area contributed by atoms with Crippen LogP contribution in [0, 0.1) is 5.92 Å². The fourth-order valence-electron chi connectivity index (χ4n) is 2.87. The Morgan fingerprint density at radius 1 is 1.15 bits per heavy atom. The van der Waals surface area contributed by atoms with Gasteiger partial charge in [0.15, 0.2) is 5.60 Å². The normalized spacial score (nSPS) is 14.7. The van der Waals surface area contributed by atoms with Gasteiger partial charge in [-0.05, 0) is 29.7 Å². The Kier molecular flexibility index (Phi) is 6.98. The molecule has 138 valence electrons. The van der Waals surface area contributed by atoms with Gasteiger partial charge in [-0.15, -0.1) is 0 Å². The molecule has 4 nitrogen and oxygen atoms in total. The third-order valence-corrected chi connectivity index (χ3v) is 4.66. The molecule has 26 heavy (non-hydrogen) atoms. The number of rotatable bonds is 9. The van der Waals surface area contributed by atoms with E-state index < -0.39 is 11.6 Å². The molecule has 0 bridgehead atoms. The van der Waals surface area contributed by atoms with E-state index in [0.717, 1.165) is 16.9 Å². The molecule has 0 unspecified atom stereocenters. The number of hydrogen-bond acceptors (Lipinski definition) is 3. The summed E-state index contributed by atoms with van der Waals surface area (Å²) >= 11 is 0. The summed E-state index contributed by atoms with van der Waals surface area (Å²) < 4.78 is 11.1. The Morgan fingerprint density at radius 3 is 2.35 bits per heavy atom. The number of benzene rings is 2. The van der Waals surface area contributed by atoms with Crippen LogP contribution in [0.1, 0.15) is 31.4 Å². The number of hydrogen-bond donors (Lipinski definition) is 1. The lowest BCUT2D eigenvalue weighted by Gasteiger charge is -2.33. The maximum atomic E-state index is 12.0. The van der Waals surface area contributed by atoms with Gasteiger partial charge in [0.05, 0.1) is 13.7 Å². The monoisotopic (exact) mass is 354 g/mol. The van der Waals surface area contributed by atoms with Crippen molar-refractivity contribution in [3.63, 3.8) is 0 Å². The van der Waals surface area contributed by atoms with E-state index in [1.54, 1.807) is 7.11 Å². The summed E-state index contributed by atoms with van der Waals surface area (Å²) in [7, 11) is 1.61. The summed E-state index contributed by atoms with van der Waals surface area (Å²) in [5.74, 6) is -0.477. The average Bonchev–Trinajstić information content (AvgIpc) is 2.68. The quantitative estimate of drug-likeness (QED) is 0.703. The maximum Gasteiger partial charge on any atom is 0.336 e. The first-order chi connectivity index (χ1) is 12.5. The SMILES string of the molecule is CC[C@@](OCc1ccc(OC)cc1)(C(=O)O)[C@@H](C)/C=C/c1ccccc1. The molecule has 0 spiro atoms. The van der Waals surface area contributed by atoms with E-state index in [1.165, 1.54) is 0 Å². The summed E-state index contributed by atoms with van der Waals surface area (Å²) in [5, 5.41) is 9.87. The van der Waals surface area contributed by atoms with Crippen molar-refractivity contribution < 1.29 is 19.4 Å². The molecular weight excluding hydrogens is 328 g/mol. The molecule has 0 aliphatic rings. The van der Waals surface area contributed by atoms with Crippen molar-refractivity contribution >= 4 is 12.0 Å². The molecule has 2 aromatic rings. The molecule has 1 N–H and O–H groups in total. The van der Waals surface area contributed by atoms with Crippen LogP contribution in [0.3, 0.4) is 0 Å². The van der Waals surface area contributed by atoms with Crippen LogP contribution >= 0.6 is 0 Å². The highest BCUT2D eigenvalue weighted by atomic mass is 16.5. The van der Waals surface area contributed by atoms with Crippen LogP contribution in [0.25, 0.3) is 6.08 Å². The molecule has 0 saturated heterocycles. The summed E-state index contributed by atoms with van der Waals surface area (Å²) in [6, 6.07) is 17.3. The Bertz CT molecular complexity index is 722. The van der Waals surface area contributed by atoms with Gasteiger partial charge in [-0.25, -0.2) is 4.79 Å². The lowest BCUT2D eigenvalue weighted by molar-refractivity contribution is -0.174. The Hall–Kier alpha value is -2.59. The van der Waals surface area contributed by atoms with Gasteiger partial charge >= 0.3 is 5.97 Å². The smallest absolute Gasteiger partial charge is 0.336 e. The number of methoxy groups -OCH3 is 1. The van der Waals surface area contributed by atoms with Gasteiger partial charge < -0.3 is 14.6 Å². The van der Waals surface area contributed by atoms with Crippen LogP contribution in [0.5, 0.6) is 5.75 Å². The Morgan fingerprint density at radius 2 is 1.81 bits per heavy atom. The average molecular weight is 354 g/mol. The van der Waals surface area contributed by atoms with Crippen LogP contribution in [-0.2, 0) is 16.1 Å². The van der Waals surface area contributed by atoms with Gasteiger partial charge in [0.25, 0.3) is 0 Å². The third-order valence-electron chi connectivity index (χ3n) is 4.66. The van der Waals surface area contributed by atoms with Crippen LogP contribution in [0.4, 0.5) is 0 Å². The second-order valence-electron chi connectivity index (χ2n) is 6.24. The van der Waals surface area contributed by atoms with Gasteiger partial charge in [-0.3, -0.25) is 0 Å². The van der Waals surface area contributed by atoms with E-state index in [1.807, 2.05) is 80.6 Å². The summed E-state index contributed by atoms with van der Waals surface area (Å²) in [6.07, 6.45) is 4.22. The van der Waals surface area contributed by atoms with Crippen LogP contribution in [0.2, 0.25) is 0 Å². The molecule has 0 fully saturated rings. The topological polar surface area (TPSA) is 55.8 Å². The number of aliphatic carboxylic acids is 1. The third kappa shape index (κ3) is 4.73. The van der Waals surface area contributed by atoms with Crippen molar-refractivity contribution in [1.29, 1.82) is 0 Å². The zero-order chi connectivity index (χ0) is 19.0. The van der Waals surface area contributed by atoms with Gasteiger partial charge in [-0.1, -0.05) is 68.5 Å². The highest BCUT2D eigenvalue weighted by molar-refractivity contribution is 5.78. The number of ether oxygens (including phenoxy) is 2. The van der Waals surface area contributed by atoms with E-state index >= 15 is 0 Å². The standard InChI is InChI=1S/C22H26O4/c1-4-22(21(23)24,17(2)10-11-18-8-6-5-7-9-18)26-16-19-12-14-20(25-3)15-13-19/h5-15,17H,4,16H2,1-3H3,(H,23,24)/b11-10+/t17-,22-/m0/s1. The predicted octanol–water partition coefficient (Wildman–Crippen LogP) is 4.79. The van der Waals surface area contributed by atoms with Crippen molar-refractivity contribution in [2.24, 2.45) is 5.92 Å². The maximum absolute atomic E-state index is 12.0. The molecule has 4 heteroatoms. The van der Waals surface area contributed by atoms with E-state index in [9.17, 15) is 9.90 Å². The van der Waals surface area contributed by atoms with Gasteiger partial charge in [-0.2, -0.15) is 0 Å². The minimum absolute atomic E-state index is 0.230. The minimum Gasteiger partial charge on any atom is -0.497 e. The zero-order valence-corrected chi connectivity index (χ0v) is 15.5. The van der Waals surface area contributed by atoms with Crippen molar-refractivity contribution in [1.82, 2.24) is 0 Å². The van der Waals surface area contributed by atoms with E-state index in [4.69, 9.17) is 9.47 Å². The van der Waals surface area contributed by atoms with E-state index in [-0.39, 0.29) is 12.5 Å². The first kappa shape index (κ1) is 19.7. The van der Waals surface area contributed by atoms with Gasteiger partial charge in [0, 0.05) is 5.92 Å². The molecular formula is C22H26O4. The molecule has 0 radical (unpaired) electrons. The molecule has 0 aliphatic heterocycles. The van der Waals surface area contributed by atoms with E-state index in [2.05, 4.69) is 0 Å². The first-order valence-electron chi connectivity index (χ1n) is 8.75. The van der Waals surface area contributed by atoms with Gasteiger partial charge in [0.1, 0.15) is 5.75 Å². The lowest BCUT2D eigenvalue weighted by Crippen LogP contribution is -2.46. The summed E-state index contributed by atoms with van der Waals surface area (Å²) in [6.45, 7) is 3.95. The molecule has 2 rings (SSSR count). The first-order valence-corrected chi connectivity index (χ1v) is 8.75. The van der Waals surface area contributed by atoms with Crippen molar-refractivity contribution in [2.75, 3.05) is 7.11 Å². The number of carboxylic acid groups (broad SMARTS) is 1. The molecule has 2 atom stereocenters. The zero-order valence-electron chi connectivity index (χ0n) is 15.5. The molecule has 0 saturated carbocycles. The van der Waals surface area contributed by atoms with Crippen molar-refractivity contribution in [3.8, 4) is 5.75 Å². The second-order valence-corrected chi connectivity index (χ2v) is 6.24. The number of carbonyl (C=O) groups is 1. The fraction of sp³-hybridized carbons (Fsp3) is 0.318.